The van der Waals surface area contributed by atoms with Crippen molar-refractivity contribution in [2.24, 2.45) is 5.41 Å². The topological polar surface area (TPSA) is 91.3 Å². The standard InChI is InChI=1S/C20H48O7Si6/c1-18(2,3)19(4,28-25-31(5,6)7)20(29-26-32(8,9)10,30-27-33(11,12)13)24-17(23)15-14-16(21)22/h14-15H,28-30H2,1-13H3,(H,21,22)/b15-14+. The molecule has 0 aromatic rings. The van der Waals surface area contributed by atoms with Gasteiger partial charge in [0, 0.05) is 17.2 Å². The molecule has 33 heavy (non-hydrogen) atoms. The van der Waals surface area contributed by atoms with Crippen molar-refractivity contribution in [3.05, 3.63) is 12.2 Å². The first-order valence-corrected chi connectivity index (χ1v) is 25.6. The molecule has 0 radical (unpaired) electrons. The first kappa shape index (κ1) is 32.9. The van der Waals surface area contributed by atoms with Crippen molar-refractivity contribution in [1.29, 1.82) is 0 Å². The molecule has 0 fully saturated rings. The van der Waals surface area contributed by atoms with Gasteiger partial charge < -0.3 is 22.2 Å². The summed E-state index contributed by atoms with van der Waals surface area (Å²) in [6, 6.07) is 0. The van der Waals surface area contributed by atoms with Crippen molar-refractivity contribution in [2.75, 3.05) is 0 Å². The Morgan fingerprint density at radius 1 is 0.697 bits per heavy atom. The lowest BCUT2D eigenvalue weighted by Gasteiger charge is -2.55. The second-order valence-electron chi connectivity index (χ2n) is 12.9. The van der Waals surface area contributed by atoms with Crippen molar-refractivity contribution in [3.8, 4) is 0 Å². The molecule has 0 aliphatic carbocycles. The van der Waals surface area contributed by atoms with E-state index in [-0.39, 0.29) is 5.41 Å². The lowest BCUT2D eigenvalue weighted by Crippen LogP contribution is -2.65. The van der Waals surface area contributed by atoms with Crippen molar-refractivity contribution >= 4 is 66.2 Å². The number of rotatable bonds is 13. The largest absolute Gasteiger partial charge is 0.478 e. The van der Waals surface area contributed by atoms with Gasteiger partial charge in [0.1, 0.15) is 4.85 Å². The summed E-state index contributed by atoms with van der Waals surface area (Å²) < 4.78 is 26.1. The SMILES string of the molecule is CC(C)(C)C(C)([SiH2]O[Si](C)(C)C)C(OC(=O)/C=C/C(=O)O)([SiH2]O[Si](C)(C)C)[SiH2]O[Si](C)(C)C. The first-order valence-electron chi connectivity index (χ1n) is 11.5. The normalized spacial score (nSPS) is 18.6. The number of aliphatic carboxylic acids is 1. The summed E-state index contributed by atoms with van der Waals surface area (Å²) in [5.74, 6) is -1.83. The molecule has 0 saturated carbocycles. The van der Waals surface area contributed by atoms with E-state index in [0.29, 0.717) is 0 Å². The Morgan fingerprint density at radius 2 is 1.06 bits per heavy atom. The summed E-state index contributed by atoms with van der Waals surface area (Å²) in [6.45, 7) is 28.1. The van der Waals surface area contributed by atoms with Crippen LogP contribution in [0.5, 0.6) is 0 Å². The minimum atomic E-state index is -1.91. The highest BCUT2D eigenvalue weighted by molar-refractivity contribution is 6.80. The maximum atomic E-state index is 13.0. The number of carboxylic acids is 1. The van der Waals surface area contributed by atoms with Crippen LogP contribution < -0.4 is 0 Å². The number of carboxylic acid groups (broad SMARTS) is 1. The summed E-state index contributed by atoms with van der Waals surface area (Å²) in [5.41, 5.74) is -0.235. The monoisotopic (exact) mass is 568 g/mol. The number of ether oxygens (including phenoxy) is 1. The fraction of sp³-hybridized carbons (Fsp3) is 0.800. The van der Waals surface area contributed by atoms with Crippen LogP contribution in [0.15, 0.2) is 12.2 Å². The minimum absolute atomic E-state index is 0.235. The van der Waals surface area contributed by atoms with E-state index in [1.165, 1.54) is 0 Å². The van der Waals surface area contributed by atoms with Crippen molar-refractivity contribution in [2.45, 2.75) is 96.5 Å². The highest BCUT2D eigenvalue weighted by Crippen LogP contribution is 2.54. The third-order valence-electron chi connectivity index (χ3n) is 5.59. The van der Waals surface area contributed by atoms with Gasteiger partial charge in [-0.25, -0.2) is 9.59 Å². The molecule has 1 atom stereocenters. The fourth-order valence-corrected chi connectivity index (χ4v) is 17.4. The van der Waals surface area contributed by atoms with Gasteiger partial charge in [-0.05, 0) is 64.3 Å². The van der Waals surface area contributed by atoms with E-state index in [1.807, 2.05) is 0 Å². The van der Waals surface area contributed by atoms with Gasteiger partial charge in [-0.1, -0.05) is 27.7 Å². The van der Waals surface area contributed by atoms with Gasteiger partial charge in [0.05, 0.1) is 0 Å². The lowest BCUT2D eigenvalue weighted by molar-refractivity contribution is -0.146. The molecule has 0 aliphatic heterocycles. The van der Waals surface area contributed by atoms with Gasteiger partial charge >= 0.3 is 11.9 Å². The van der Waals surface area contributed by atoms with Crippen LogP contribution in [-0.2, 0) is 26.7 Å². The summed E-state index contributed by atoms with van der Waals surface area (Å²) in [4.78, 5) is 23.1. The third kappa shape index (κ3) is 11.9. The van der Waals surface area contributed by atoms with E-state index in [2.05, 4.69) is 86.6 Å². The molecule has 0 rings (SSSR count). The molecule has 1 N–H and O–H groups in total. The maximum Gasteiger partial charge on any atom is 0.331 e. The van der Waals surface area contributed by atoms with Crippen LogP contribution in [0.4, 0.5) is 0 Å². The lowest BCUT2D eigenvalue weighted by atomic mass is 9.80. The van der Waals surface area contributed by atoms with Crippen LogP contribution in [0, 0.1) is 5.41 Å². The Bertz CT molecular complexity index is 684. The van der Waals surface area contributed by atoms with Gasteiger partial charge in [-0.2, -0.15) is 0 Å². The average Bonchev–Trinajstić information content (AvgIpc) is 2.57. The van der Waals surface area contributed by atoms with E-state index >= 15 is 0 Å². The molecule has 194 valence electrons. The quantitative estimate of drug-likeness (QED) is 0.207. The Morgan fingerprint density at radius 3 is 1.36 bits per heavy atom. The molecule has 0 spiro atoms. The molecule has 7 nitrogen and oxygen atoms in total. The molecule has 0 saturated heterocycles. The predicted molar refractivity (Wildman–Crippen MR) is 152 cm³/mol. The Hall–Kier alpha value is -0.139. The van der Waals surface area contributed by atoms with Gasteiger partial charge in [0.15, 0.2) is 54.2 Å². The molecule has 0 aromatic heterocycles. The molecule has 0 aromatic carbocycles. The zero-order valence-corrected chi connectivity index (χ0v) is 30.4. The zero-order valence-electron chi connectivity index (χ0n) is 23.2. The zero-order chi connectivity index (χ0) is 26.5. The van der Waals surface area contributed by atoms with Crippen molar-refractivity contribution < 1.29 is 31.8 Å². The van der Waals surface area contributed by atoms with E-state index < -0.39 is 76.1 Å². The number of hydrogen-bond acceptors (Lipinski definition) is 6. The number of carbonyl (C=O) groups is 2. The minimum Gasteiger partial charge on any atom is -0.478 e. The van der Waals surface area contributed by atoms with Crippen LogP contribution in [0.25, 0.3) is 0 Å². The number of hydrogen-bond donors (Lipinski definition) is 1. The Kier molecular flexibility index (Phi) is 11.7. The summed E-state index contributed by atoms with van der Waals surface area (Å²) >= 11 is 0. The van der Waals surface area contributed by atoms with Crippen molar-refractivity contribution in [1.82, 2.24) is 0 Å². The van der Waals surface area contributed by atoms with Crippen LogP contribution in [0.2, 0.25) is 64.0 Å². The molecule has 0 bridgehead atoms. The maximum absolute atomic E-state index is 13.0. The van der Waals surface area contributed by atoms with E-state index in [9.17, 15) is 9.59 Å². The van der Waals surface area contributed by atoms with Gasteiger partial charge in [-0.15, -0.1) is 0 Å². The number of carbonyl (C=O) groups excluding carboxylic acids is 1. The summed E-state index contributed by atoms with van der Waals surface area (Å²) in [5, 5.41) is 8.58. The Balaban J connectivity index is 6.80. The highest BCUT2D eigenvalue weighted by atomic mass is 28.4. The fourth-order valence-electron chi connectivity index (χ4n) is 2.96. The number of esters is 1. The summed E-state index contributed by atoms with van der Waals surface area (Å²) in [6.07, 6.45) is 1.84. The Labute approximate surface area is 211 Å². The highest BCUT2D eigenvalue weighted by Gasteiger charge is 2.59. The van der Waals surface area contributed by atoms with Crippen LogP contribution in [-0.4, -0.2) is 76.1 Å². The molecule has 0 heterocycles. The second-order valence-corrected chi connectivity index (χ2v) is 34.6. The van der Waals surface area contributed by atoms with Crippen molar-refractivity contribution in [3.63, 3.8) is 0 Å². The van der Waals surface area contributed by atoms with Gasteiger partial charge in [0.25, 0.3) is 0 Å². The average molecular weight is 569 g/mol. The van der Waals surface area contributed by atoms with Gasteiger partial charge in [-0.3, -0.25) is 0 Å². The summed E-state index contributed by atoms with van der Waals surface area (Å²) in [7, 11) is -9.66. The third-order valence-corrected chi connectivity index (χ3v) is 25.0. The van der Waals surface area contributed by atoms with E-state index in [4.69, 9.17) is 22.2 Å². The molecular formula is C20H48O7Si6. The molecular weight excluding hydrogens is 521 g/mol. The molecule has 0 amide bonds. The van der Waals surface area contributed by atoms with E-state index in [1.54, 1.807) is 0 Å². The molecule has 1 unspecified atom stereocenters. The van der Waals surface area contributed by atoms with Gasteiger partial charge in [0.2, 0.25) is 0 Å². The van der Waals surface area contributed by atoms with Crippen LogP contribution in [0.1, 0.15) is 27.7 Å². The molecule has 13 heteroatoms. The van der Waals surface area contributed by atoms with Crippen LogP contribution in [0.3, 0.4) is 0 Å². The molecule has 0 aliphatic rings. The first-order chi connectivity index (χ1) is 14.4. The predicted octanol–water partition coefficient (Wildman–Crippen LogP) is 2.85. The smallest absolute Gasteiger partial charge is 0.331 e. The van der Waals surface area contributed by atoms with E-state index in [0.717, 1.165) is 12.2 Å². The second kappa shape index (κ2) is 11.7. The van der Waals surface area contributed by atoms with Crippen LogP contribution >= 0.6 is 0 Å².